The third kappa shape index (κ3) is 4.78. The van der Waals surface area contributed by atoms with E-state index in [0.717, 1.165) is 11.1 Å². The highest BCUT2D eigenvalue weighted by Crippen LogP contribution is 2.28. The maximum absolute atomic E-state index is 5.92. The highest BCUT2D eigenvalue weighted by atomic mass is 32.1. The lowest BCUT2D eigenvalue weighted by Crippen LogP contribution is -2.12. The van der Waals surface area contributed by atoms with Gasteiger partial charge in [0.15, 0.2) is 11.5 Å². The minimum atomic E-state index is 0.221. The van der Waals surface area contributed by atoms with Crippen LogP contribution in [0.25, 0.3) is 0 Å². The van der Waals surface area contributed by atoms with Gasteiger partial charge in [0.1, 0.15) is 23.9 Å². The van der Waals surface area contributed by atoms with E-state index in [4.69, 9.17) is 27.4 Å². The van der Waals surface area contributed by atoms with Crippen LogP contribution >= 0.6 is 12.2 Å². The van der Waals surface area contributed by atoms with E-state index in [-0.39, 0.29) is 4.99 Å². The number of hydrogen-bond donors (Lipinski definition) is 1. The van der Waals surface area contributed by atoms with E-state index in [9.17, 15) is 0 Å². The standard InChI is InChI=1S/C20H18N2O2S/c21-20(25)17-11-18(23-13-15-7-3-1-4-8-15)19(12-22-17)24-14-16-9-5-2-6-10-16/h1-12H,13-14H2,(H2,21,25). The van der Waals surface area contributed by atoms with Crippen molar-refractivity contribution in [3.63, 3.8) is 0 Å². The molecule has 0 saturated carbocycles. The molecule has 126 valence electrons. The van der Waals surface area contributed by atoms with Crippen molar-refractivity contribution >= 4 is 17.2 Å². The van der Waals surface area contributed by atoms with Gasteiger partial charge in [-0.3, -0.25) is 0 Å². The summed E-state index contributed by atoms with van der Waals surface area (Å²) in [7, 11) is 0. The number of aromatic nitrogens is 1. The zero-order chi connectivity index (χ0) is 17.5. The molecule has 5 heteroatoms. The Labute approximate surface area is 152 Å². The van der Waals surface area contributed by atoms with Crippen molar-refractivity contribution in [1.29, 1.82) is 0 Å². The van der Waals surface area contributed by atoms with Crippen LogP contribution in [0.2, 0.25) is 0 Å². The van der Waals surface area contributed by atoms with Crippen molar-refractivity contribution < 1.29 is 9.47 Å². The Hall–Kier alpha value is -2.92. The molecule has 3 rings (SSSR count). The van der Waals surface area contributed by atoms with Gasteiger partial charge in [0.25, 0.3) is 0 Å². The summed E-state index contributed by atoms with van der Waals surface area (Å²) in [5, 5.41) is 0. The lowest BCUT2D eigenvalue weighted by atomic mass is 10.2. The van der Waals surface area contributed by atoms with Crippen LogP contribution in [-0.4, -0.2) is 9.97 Å². The van der Waals surface area contributed by atoms with E-state index in [0.29, 0.717) is 30.4 Å². The summed E-state index contributed by atoms with van der Waals surface area (Å²) in [5.74, 6) is 1.12. The van der Waals surface area contributed by atoms with E-state index < -0.39 is 0 Å². The molecule has 0 saturated heterocycles. The van der Waals surface area contributed by atoms with Gasteiger partial charge in [0.2, 0.25) is 0 Å². The van der Waals surface area contributed by atoms with Crippen LogP contribution in [0.4, 0.5) is 0 Å². The fourth-order valence-corrected chi connectivity index (χ4v) is 2.36. The average molecular weight is 350 g/mol. The topological polar surface area (TPSA) is 57.4 Å². The highest BCUT2D eigenvalue weighted by molar-refractivity contribution is 7.80. The Bertz CT molecular complexity index is 839. The van der Waals surface area contributed by atoms with E-state index in [2.05, 4.69) is 4.98 Å². The van der Waals surface area contributed by atoms with Gasteiger partial charge in [-0.15, -0.1) is 0 Å². The Balaban J connectivity index is 1.77. The molecule has 2 aromatic carbocycles. The summed E-state index contributed by atoms with van der Waals surface area (Å²) in [6.45, 7) is 0.847. The third-order valence-corrected chi connectivity index (χ3v) is 3.77. The normalized spacial score (nSPS) is 10.2. The quantitative estimate of drug-likeness (QED) is 0.656. The Kier molecular flexibility index (Phi) is 5.59. The minimum absolute atomic E-state index is 0.221. The SMILES string of the molecule is NC(=S)c1cc(OCc2ccccc2)c(OCc2ccccc2)cn1. The molecule has 0 bridgehead atoms. The number of benzene rings is 2. The van der Waals surface area contributed by atoms with E-state index >= 15 is 0 Å². The summed E-state index contributed by atoms with van der Waals surface area (Å²) in [6, 6.07) is 21.5. The molecule has 25 heavy (non-hydrogen) atoms. The molecular formula is C20H18N2O2S. The molecule has 1 aromatic heterocycles. The van der Waals surface area contributed by atoms with Crippen LogP contribution in [0, 0.1) is 0 Å². The van der Waals surface area contributed by atoms with Gasteiger partial charge in [0.05, 0.1) is 6.20 Å². The van der Waals surface area contributed by atoms with Gasteiger partial charge in [-0.2, -0.15) is 0 Å². The maximum Gasteiger partial charge on any atom is 0.179 e. The van der Waals surface area contributed by atoms with Gasteiger partial charge in [-0.1, -0.05) is 72.9 Å². The zero-order valence-electron chi connectivity index (χ0n) is 13.6. The largest absolute Gasteiger partial charge is 0.485 e. The van der Waals surface area contributed by atoms with Crippen LogP contribution in [0.15, 0.2) is 72.9 Å². The first kappa shape index (κ1) is 16.9. The first-order chi connectivity index (χ1) is 12.2. The van der Waals surface area contributed by atoms with Crippen LogP contribution in [0.1, 0.15) is 16.8 Å². The molecule has 3 aromatic rings. The molecular weight excluding hydrogens is 332 g/mol. The third-order valence-electron chi connectivity index (χ3n) is 3.56. The Morgan fingerprint density at radius 1 is 0.840 bits per heavy atom. The average Bonchev–Trinajstić information content (AvgIpc) is 2.66. The monoisotopic (exact) mass is 350 g/mol. The van der Waals surface area contributed by atoms with Crippen LogP contribution in [0.3, 0.4) is 0 Å². The minimum Gasteiger partial charge on any atom is -0.485 e. The van der Waals surface area contributed by atoms with Crippen molar-refractivity contribution in [3.05, 3.63) is 89.7 Å². The molecule has 0 aliphatic heterocycles. The molecule has 0 radical (unpaired) electrons. The van der Waals surface area contributed by atoms with Crippen molar-refractivity contribution in [3.8, 4) is 11.5 Å². The second-order valence-electron chi connectivity index (χ2n) is 5.43. The predicted octanol–water partition coefficient (Wildman–Crippen LogP) is 3.87. The Morgan fingerprint density at radius 3 is 1.88 bits per heavy atom. The van der Waals surface area contributed by atoms with Crippen molar-refractivity contribution in [2.24, 2.45) is 5.73 Å². The lowest BCUT2D eigenvalue weighted by molar-refractivity contribution is 0.255. The van der Waals surface area contributed by atoms with Crippen LogP contribution < -0.4 is 15.2 Å². The number of nitrogens with zero attached hydrogens (tertiary/aromatic N) is 1. The fourth-order valence-electron chi connectivity index (χ4n) is 2.25. The predicted molar refractivity (Wildman–Crippen MR) is 102 cm³/mol. The maximum atomic E-state index is 5.92. The molecule has 0 aliphatic carbocycles. The van der Waals surface area contributed by atoms with Crippen molar-refractivity contribution in [2.75, 3.05) is 0 Å². The molecule has 0 amide bonds. The summed E-state index contributed by atoms with van der Waals surface area (Å²) < 4.78 is 11.8. The van der Waals surface area contributed by atoms with Crippen LogP contribution in [0.5, 0.6) is 11.5 Å². The van der Waals surface area contributed by atoms with Gasteiger partial charge >= 0.3 is 0 Å². The zero-order valence-corrected chi connectivity index (χ0v) is 14.4. The molecule has 2 N–H and O–H groups in total. The number of hydrogen-bond acceptors (Lipinski definition) is 4. The molecule has 0 fully saturated rings. The molecule has 0 unspecified atom stereocenters. The number of nitrogens with two attached hydrogens (primary N) is 1. The summed E-state index contributed by atoms with van der Waals surface area (Å²) >= 11 is 5.00. The van der Waals surface area contributed by atoms with E-state index in [1.807, 2.05) is 60.7 Å². The molecule has 1 heterocycles. The summed E-state index contributed by atoms with van der Waals surface area (Å²) in [4.78, 5) is 4.46. The van der Waals surface area contributed by atoms with Crippen molar-refractivity contribution in [1.82, 2.24) is 4.98 Å². The second-order valence-corrected chi connectivity index (χ2v) is 5.87. The fraction of sp³-hybridized carbons (Fsp3) is 0.100. The highest BCUT2D eigenvalue weighted by Gasteiger charge is 2.10. The van der Waals surface area contributed by atoms with Crippen LogP contribution in [-0.2, 0) is 13.2 Å². The summed E-state index contributed by atoms with van der Waals surface area (Å²) in [5.41, 5.74) is 8.31. The number of thiocarbonyl (C=S) groups is 1. The van der Waals surface area contributed by atoms with Gasteiger partial charge < -0.3 is 15.2 Å². The van der Waals surface area contributed by atoms with E-state index in [1.165, 1.54) is 0 Å². The number of pyridine rings is 1. The lowest BCUT2D eigenvalue weighted by Gasteiger charge is -2.13. The van der Waals surface area contributed by atoms with Gasteiger partial charge in [-0.05, 0) is 11.1 Å². The Morgan fingerprint density at radius 2 is 1.36 bits per heavy atom. The first-order valence-electron chi connectivity index (χ1n) is 7.85. The summed E-state index contributed by atoms with van der Waals surface area (Å²) in [6.07, 6.45) is 1.60. The molecule has 4 nitrogen and oxygen atoms in total. The smallest absolute Gasteiger partial charge is 0.179 e. The molecule has 0 aliphatic rings. The first-order valence-corrected chi connectivity index (χ1v) is 8.26. The number of ether oxygens (including phenoxy) is 2. The van der Waals surface area contributed by atoms with E-state index in [1.54, 1.807) is 12.3 Å². The second kappa shape index (κ2) is 8.26. The number of rotatable bonds is 7. The van der Waals surface area contributed by atoms with Gasteiger partial charge in [-0.25, -0.2) is 4.98 Å². The molecule has 0 atom stereocenters. The molecule has 0 spiro atoms. The van der Waals surface area contributed by atoms with Crippen molar-refractivity contribution in [2.45, 2.75) is 13.2 Å². The van der Waals surface area contributed by atoms with Gasteiger partial charge in [0, 0.05) is 6.07 Å².